The number of hydrogen-bond donors (Lipinski definition) is 1. The minimum Gasteiger partial charge on any atom is -0.598 e. The smallest absolute Gasteiger partial charge is 0.282 e. The highest BCUT2D eigenvalue weighted by molar-refractivity contribution is 7.88. The molecule has 1 aliphatic heterocycles. The molecule has 4 heterocycles. The Hall–Kier alpha value is -2.41. The van der Waals surface area contributed by atoms with Crippen molar-refractivity contribution in [1.29, 1.82) is 0 Å². The van der Waals surface area contributed by atoms with Gasteiger partial charge in [0.25, 0.3) is 6.43 Å². The molecular weight excluding hydrogens is 462 g/mol. The highest BCUT2D eigenvalue weighted by Crippen LogP contribution is 2.33. The Kier molecular flexibility index (Phi) is 6.65. The number of alkyl halides is 2. The van der Waals surface area contributed by atoms with Crippen LogP contribution in [-0.2, 0) is 11.4 Å². The van der Waals surface area contributed by atoms with Crippen molar-refractivity contribution in [2.45, 2.75) is 38.3 Å². The molecule has 0 aromatic carbocycles. The van der Waals surface area contributed by atoms with Crippen molar-refractivity contribution in [3.63, 3.8) is 0 Å². The fourth-order valence-electron chi connectivity index (χ4n) is 4.63. The summed E-state index contributed by atoms with van der Waals surface area (Å²) in [6.07, 6.45) is 4.62. The summed E-state index contributed by atoms with van der Waals surface area (Å²) >= 11 is -1.08. The molecule has 1 N–H and O–H groups in total. The third-order valence-electron chi connectivity index (χ3n) is 6.65. The van der Waals surface area contributed by atoms with E-state index in [2.05, 4.69) is 41.5 Å². The standard InChI is InChI=1S/C22H28F2N8OS/c1-14-18(11-28-34(2)33)30(12-15-3-4-15)7-8-31(14)21-9-17(26-13-27-21)19-10-25-20-6-5-16(22(23)24)29-32(19)20/h5-6,9-10,13-15,18,22,28H,3-4,7-8,11-12H2,1-2H3. The Bertz CT molecular complexity index is 1140. The Morgan fingerprint density at radius 1 is 1.21 bits per heavy atom. The van der Waals surface area contributed by atoms with Gasteiger partial charge in [0.15, 0.2) is 5.65 Å². The van der Waals surface area contributed by atoms with E-state index >= 15 is 0 Å². The maximum Gasteiger partial charge on any atom is 0.282 e. The summed E-state index contributed by atoms with van der Waals surface area (Å²) in [5.41, 5.74) is 1.25. The fourth-order valence-corrected chi connectivity index (χ4v) is 5.03. The number of fused-ring (bicyclic) bond motifs is 1. The van der Waals surface area contributed by atoms with Crippen molar-refractivity contribution in [2.75, 3.05) is 37.3 Å². The molecule has 2 fully saturated rings. The van der Waals surface area contributed by atoms with Gasteiger partial charge in [0, 0.05) is 49.1 Å². The van der Waals surface area contributed by atoms with E-state index in [1.807, 2.05) is 6.07 Å². The van der Waals surface area contributed by atoms with E-state index < -0.39 is 17.8 Å². The van der Waals surface area contributed by atoms with Crippen molar-refractivity contribution in [2.24, 2.45) is 5.92 Å². The topological polar surface area (TPSA) is 97.5 Å². The number of anilines is 1. The first kappa shape index (κ1) is 23.3. The first-order chi connectivity index (χ1) is 16.4. The second-order valence-electron chi connectivity index (χ2n) is 8.98. The summed E-state index contributed by atoms with van der Waals surface area (Å²) in [6.45, 7) is 5.54. The van der Waals surface area contributed by atoms with Gasteiger partial charge in [0.2, 0.25) is 0 Å². The second kappa shape index (κ2) is 9.68. The number of rotatable bonds is 8. The predicted octanol–water partition coefficient (Wildman–Crippen LogP) is 2.30. The van der Waals surface area contributed by atoms with Crippen molar-refractivity contribution >= 4 is 22.8 Å². The molecule has 3 aromatic rings. The molecule has 9 nitrogen and oxygen atoms in total. The van der Waals surface area contributed by atoms with Crippen LogP contribution >= 0.6 is 0 Å². The Balaban J connectivity index is 1.42. The van der Waals surface area contributed by atoms with Gasteiger partial charge in [-0.3, -0.25) is 4.90 Å². The van der Waals surface area contributed by atoms with Gasteiger partial charge in [0.05, 0.1) is 18.4 Å². The molecule has 1 aliphatic carbocycles. The van der Waals surface area contributed by atoms with Crippen LogP contribution in [0.5, 0.6) is 0 Å². The van der Waals surface area contributed by atoms with Crippen LogP contribution < -0.4 is 9.62 Å². The molecular formula is C22H28F2N8OS. The van der Waals surface area contributed by atoms with Crippen LogP contribution in [0, 0.1) is 5.92 Å². The number of hydrogen-bond acceptors (Lipinski definition) is 8. The van der Waals surface area contributed by atoms with Crippen molar-refractivity contribution < 1.29 is 13.3 Å². The molecule has 1 saturated heterocycles. The molecule has 0 spiro atoms. The highest BCUT2D eigenvalue weighted by Gasteiger charge is 2.37. The van der Waals surface area contributed by atoms with E-state index in [1.165, 1.54) is 35.8 Å². The van der Waals surface area contributed by atoms with E-state index in [4.69, 9.17) is 0 Å². The van der Waals surface area contributed by atoms with Gasteiger partial charge in [-0.2, -0.15) is 5.10 Å². The van der Waals surface area contributed by atoms with Crippen LogP contribution in [0.25, 0.3) is 17.0 Å². The van der Waals surface area contributed by atoms with E-state index in [1.54, 1.807) is 12.5 Å². The third-order valence-corrected chi connectivity index (χ3v) is 7.22. The number of piperazine rings is 1. The largest absolute Gasteiger partial charge is 0.598 e. The molecule has 12 heteroatoms. The van der Waals surface area contributed by atoms with Gasteiger partial charge in [-0.15, -0.1) is 4.72 Å². The lowest BCUT2D eigenvalue weighted by Crippen LogP contribution is -2.62. The van der Waals surface area contributed by atoms with E-state index in [0.29, 0.717) is 23.6 Å². The maximum atomic E-state index is 13.2. The molecule has 3 unspecified atom stereocenters. The van der Waals surface area contributed by atoms with Crippen molar-refractivity contribution in [3.05, 3.63) is 36.4 Å². The van der Waals surface area contributed by atoms with Gasteiger partial charge < -0.3 is 9.45 Å². The number of nitrogens with one attached hydrogen (secondary N) is 1. The number of imidazole rings is 1. The van der Waals surface area contributed by atoms with Gasteiger partial charge >= 0.3 is 0 Å². The lowest BCUT2D eigenvalue weighted by Gasteiger charge is -2.47. The summed E-state index contributed by atoms with van der Waals surface area (Å²) in [4.78, 5) is 17.9. The van der Waals surface area contributed by atoms with Crippen LogP contribution in [0.3, 0.4) is 0 Å². The van der Waals surface area contributed by atoms with E-state index in [-0.39, 0.29) is 17.8 Å². The number of halogens is 2. The van der Waals surface area contributed by atoms with Gasteiger partial charge in [-0.05, 0) is 37.8 Å². The molecule has 182 valence electrons. The molecule has 3 aromatic heterocycles. The van der Waals surface area contributed by atoms with Crippen LogP contribution in [0.1, 0.15) is 31.9 Å². The molecule has 0 bridgehead atoms. The highest BCUT2D eigenvalue weighted by atomic mass is 32.2. The third kappa shape index (κ3) is 4.85. The van der Waals surface area contributed by atoms with Crippen molar-refractivity contribution in [3.8, 4) is 11.4 Å². The Morgan fingerprint density at radius 2 is 2.03 bits per heavy atom. The zero-order chi connectivity index (χ0) is 23.8. The quantitative estimate of drug-likeness (QED) is 0.481. The lowest BCUT2D eigenvalue weighted by molar-refractivity contribution is 0.140. The molecule has 0 amide bonds. The average Bonchev–Trinajstić information content (AvgIpc) is 3.53. The normalized spacial score (nSPS) is 22.6. The molecule has 1 saturated carbocycles. The minimum absolute atomic E-state index is 0.122. The van der Waals surface area contributed by atoms with Crippen LogP contribution in [-0.4, -0.2) is 78.5 Å². The average molecular weight is 491 g/mol. The molecule has 5 rings (SSSR count). The minimum atomic E-state index is -2.67. The predicted molar refractivity (Wildman–Crippen MR) is 126 cm³/mol. The zero-order valence-electron chi connectivity index (χ0n) is 19.1. The Morgan fingerprint density at radius 3 is 2.76 bits per heavy atom. The Labute approximate surface area is 199 Å². The molecule has 34 heavy (non-hydrogen) atoms. The summed E-state index contributed by atoms with van der Waals surface area (Å²) in [5.74, 6) is 1.52. The lowest BCUT2D eigenvalue weighted by atomic mass is 10.0. The summed E-state index contributed by atoms with van der Waals surface area (Å²) in [7, 11) is 0. The van der Waals surface area contributed by atoms with Crippen LogP contribution in [0.4, 0.5) is 14.6 Å². The van der Waals surface area contributed by atoms with E-state index in [0.717, 1.165) is 31.4 Å². The molecule has 3 atom stereocenters. The van der Waals surface area contributed by atoms with E-state index in [9.17, 15) is 13.3 Å². The van der Waals surface area contributed by atoms with Crippen molar-refractivity contribution in [1.82, 2.24) is 34.2 Å². The zero-order valence-corrected chi connectivity index (χ0v) is 20.0. The van der Waals surface area contributed by atoms with Gasteiger partial charge in [-0.25, -0.2) is 28.2 Å². The SMILES string of the molecule is CC1C(CN[S+](C)[O-])N(CC2CC2)CCN1c1cc(-c2cnc3ccc(C(F)F)nn23)ncn1. The first-order valence-corrected chi connectivity index (χ1v) is 13.0. The van der Waals surface area contributed by atoms with Crippen LogP contribution in [0.15, 0.2) is 30.7 Å². The monoisotopic (exact) mass is 490 g/mol. The first-order valence-electron chi connectivity index (χ1n) is 11.4. The molecule has 2 aliphatic rings. The van der Waals surface area contributed by atoms with Gasteiger partial charge in [0.1, 0.15) is 29.8 Å². The van der Waals surface area contributed by atoms with Crippen LogP contribution in [0.2, 0.25) is 0 Å². The summed E-state index contributed by atoms with van der Waals surface area (Å²) < 4.78 is 42.6. The molecule has 0 radical (unpaired) electrons. The number of nitrogens with zero attached hydrogens (tertiary/aromatic N) is 7. The second-order valence-corrected chi connectivity index (χ2v) is 10.2. The maximum absolute atomic E-state index is 13.2. The fraction of sp³-hybridized carbons (Fsp3) is 0.545. The summed E-state index contributed by atoms with van der Waals surface area (Å²) in [5, 5.41) is 4.05. The number of aromatic nitrogens is 5. The summed E-state index contributed by atoms with van der Waals surface area (Å²) in [6, 6.07) is 4.97. The van der Waals surface area contributed by atoms with Gasteiger partial charge in [-0.1, -0.05) is 0 Å².